The van der Waals surface area contributed by atoms with Gasteiger partial charge in [0.05, 0.1) is 11.0 Å². The van der Waals surface area contributed by atoms with Gasteiger partial charge < -0.3 is 22.6 Å². The van der Waals surface area contributed by atoms with Crippen LogP contribution in [0.5, 0.6) is 0 Å². The van der Waals surface area contributed by atoms with Crippen LogP contribution >= 0.6 is 0 Å². The molecule has 0 bridgehead atoms. The van der Waals surface area contributed by atoms with E-state index in [1.807, 2.05) is 30.3 Å². The lowest BCUT2D eigenvalue weighted by atomic mass is 9.44. The van der Waals surface area contributed by atoms with Gasteiger partial charge in [0.2, 0.25) is 5.89 Å². The molecule has 60 heavy (non-hydrogen) atoms. The summed E-state index contributed by atoms with van der Waals surface area (Å²) in [6.45, 7) is 6.63. The van der Waals surface area contributed by atoms with Crippen LogP contribution in [0.2, 0.25) is 0 Å². The van der Waals surface area contributed by atoms with Crippen molar-refractivity contribution < 1.29 is 13.3 Å². The lowest BCUT2D eigenvalue weighted by Gasteiger charge is -2.42. The first-order chi connectivity index (χ1) is 29.4. The predicted octanol–water partition coefficient (Wildman–Crippen LogP) is 12.9. The number of oxazole rings is 1. The Labute approximate surface area is 344 Å². The quantitative estimate of drug-likeness (QED) is 0.164. The molecule has 7 heteroatoms. The molecule has 0 fully saturated rings. The number of furan rings is 2. The van der Waals surface area contributed by atoms with Gasteiger partial charge in [-0.25, -0.2) is 4.98 Å². The van der Waals surface area contributed by atoms with Crippen molar-refractivity contribution in [3.8, 4) is 28.3 Å². The van der Waals surface area contributed by atoms with Crippen LogP contribution in [-0.4, -0.2) is 16.4 Å². The van der Waals surface area contributed by atoms with Gasteiger partial charge in [0.25, 0.3) is 0 Å². The maximum absolute atomic E-state index is 6.64. The highest BCUT2D eigenvalue weighted by Crippen LogP contribution is 2.49. The first kappa shape index (κ1) is 32.5. The minimum atomic E-state index is -0.191. The second-order valence-electron chi connectivity index (χ2n) is 17.5. The molecule has 6 heterocycles. The van der Waals surface area contributed by atoms with Crippen LogP contribution < -0.4 is 15.7 Å². The highest BCUT2D eigenvalue weighted by Gasteiger charge is 2.45. The van der Waals surface area contributed by atoms with Crippen molar-refractivity contribution >= 4 is 106 Å². The van der Waals surface area contributed by atoms with Crippen LogP contribution in [0.4, 0.5) is 11.4 Å². The summed E-state index contributed by atoms with van der Waals surface area (Å²) in [4.78, 5) is 7.72. The SMILES string of the molecule is CC(C)(C)c1ccc(N2B3c4cc5nc(-c6ccccc6)oc5cc4-n4c5cc6c(cc5c5ccc(c3c54)-c3cc4oc5ccccc5c4cc32)oc2ccccc26)cc1. The Kier molecular flexibility index (Phi) is 6.03. The Balaban J connectivity index is 1.14. The molecule has 0 saturated heterocycles. The second kappa shape index (κ2) is 11.2. The molecule has 0 atom stereocenters. The molecule has 0 unspecified atom stereocenters. The van der Waals surface area contributed by atoms with E-state index >= 15 is 0 Å². The van der Waals surface area contributed by atoms with E-state index in [1.165, 1.54) is 27.5 Å². The van der Waals surface area contributed by atoms with Crippen LogP contribution in [0.15, 0.2) is 165 Å². The average molecular weight is 772 g/mol. The molecule has 0 saturated carbocycles. The highest BCUT2D eigenvalue weighted by atomic mass is 16.3. The van der Waals surface area contributed by atoms with Gasteiger partial charge in [0.1, 0.15) is 27.8 Å². The molecule has 4 aromatic heterocycles. The lowest BCUT2D eigenvalue weighted by molar-refractivity contribution is 0.590. The Morgan fingerprint density at radius 3 is 1.97 bits per heavy atom. The summed E-state index contributed by atoms with van der Waals surface area (Å²) in [5.41, 5.74) is 17.8. The first-order valence-electron chi connectivity index (χ1n) is 20.6. The van der Waals surface area contributed by atoms with E-state index in [9.17, 15) is 0 Å². The van der Waals surface area contributed by atoms with Crippen molar-refractivity contribution in [3.05, 3.63) is 157 Å². The number of anilines is 2. The van der Waals surface area contributed by atoms with Gasteiger partial charge in [-0.15, -0.1) is 0 Å². The molecule has 0 N–H and O–H groups in total. The van der Waals surface area contributed by atoms with Gasteiger partial charge in [-0.3, -0.25) is 0 Å². The van der Waals surface area contributed by atoms with E-state index in [1.54, 1.807) is 0 Å². The number of rotatable bonds is 2. The number of hydrogen-bond donors (Lipinski definition) is 0. The minimum Gasteiger partial charge on any atom is -0.456 e. The monoisotopic (exact) mass is 771 g/mol. The number of aromatic nitrogens is 2. The van der Waals surface area contributed by atoms with Crippen molar-refractivity contribution in [3.63, 3.8) is 0 Å². The third kappa shape index (κ3) is 4.21. The molecule has 0 aliphatic carbocycles. The molecule has 282 valence electrons. The molecule has 12 aromatic rings. The van der Waals surface area contributed by atoms with Crippen LogP contribution in [0.25, 0.3) is 105 Å². The predicted molar refractivity (Wildman–Crippen MR) is 246 cm³/mol. The van der Waals surface area contributed by atoms with Crippen molar-refractivity contribution in [2.75, 3.05) is 4.81 Å². The Morgan fingerprint density at radius 2 is 1.22 bits per heavy atom. The van der Waals surface area contributed by atoms with Crippen LogP contribution in [-0.2, 0) is 5.41 Å². The summed E-state index contributed by atoms with van der Waals surface area (Å²) in [6.07, 6.45) is 0. The van der Waals surface area contributed by atoms with E-state index in [0.717, 1.165) is 99.5 Å². The van der Waals surface area contributed by atoms with Gasteiger partial charge in [0, 0.05) is 66.6 Å². The van der Waals surface area contributed by atoms with E-state index in [-0.39, 0.29) is 12.3 Å². The van der Waals surface area contributed by atoms with Crippen molar-refractivity contribution in [2.24, 2.45) is 0 Å². The first-order valence-corrected chi connectivity index (χ1v) is 20.6. The van der Waals surface area contributed by atoms with Gasteiger partial charge in [-0.2, -0.15) is 0 Å². The van der Waals surface area contributed by atoms with Gasteiger partial charge in [-0.1, -0.05) is 99.6 Å². The molecule has 6 nitrogen and oxygen atoms in total. The van der Waals surface area contributed by atoms with Crippen LogP contribution in [0.1, 0.15) is 26.3 Å². The number of para-hydroxylation sites is 2. The normalized spacial score (nSPS) is 13.5. The van der Waals surface area contributed by atoms with Crippen LogP contribution in [0, 0.1) is 0 Å². The van der Waals surface area contributed by atoms with E-state index in [2.05, 4.69) is 151 Å². The third-order valence-corrected chi connectivity index (χ3v) is 13.1. The van der Waals surface area contributed by atoms with E-state index in [0.29, 0.717) is 5.89 Å². The molecule has 0 radical (unpaired) electrons. The van der Waals surface area contributed by atoms with Gasteiger partial charge in [-0.05, 0) is 94.2 Å². The fraction of sp³-hybridized carbons (Fsp3) is 0.0755. The van der Waals surface area contributed by atoms with Crippen molar-refractivity contribution in [1.29, 1.82) is 0 Å². The number of fused-ring (bicyclic) bond motifs is 15. The number of nitrogens with zero attached hydrogens (tertiary/aromatic N) is 3. The van der Waals surface area contributed by atoms with Crippen molar-refractivity contribution in [1.82, 2.24) is 9.55 Å². The maximum Gasteiger partial charge on any atom is 0.333 e. The summed E-state index contributed by atoms with van der Waals surface area (Å²) in [5.74, 6) is 0.609. The van der Waals surface area contributed by atoms with Crippen molar-refractivity contribution in [2.45, 2.75) is 26.2 Å². The Hall–Kier alpha value is -7.51. The van der Waals surface area contributed by atoms with Gasteiger partial charge in [0.15, 0.2) is 5.58 Å². The largest absolute Gasteiger partial charge is 0.456 e. The fourth-order valence-electron chi connectivity index (χ4n) is 10.4. The van der Waals surface area contributed by atoms with Crippen LogP contribution in [0.3, 0.4) is 0 Å². The fourth-order valence-corrected chi connectivity index (χ4v) is 10.4. The zero-order valence-corrected chi connectivity index (χ0v) is 33.1. The number of hydrogen-bond acceptors (Lipinski definition) is 5. The molecule has 2 aliphatic rings. The maximum atomic E-state index is 6.64. The summed E-state index contributed by atoms with van der Waals surface area (Å²) in [7, 11) is 0. The molecule has 0 amide bonds. The summed E-state index contributed by atoms with van der Waals surface area (Å²) in [5, 5.41) is 6.74. The van der Waals surface area contributed by atoms with Gasteiger partial charge >= 0.3 is 6.85 Å². The summed E-state index contributed by atoms with van der Waals surface area (Å²) >= 11 is 0. The summed E-state index contributed by atoms with van der Waals surface area (Å²) < 4.78 is 22.2. The highest BCUT2D eigenvalue weighted by molar-refractivity contribution is 6.94. The minimum absolute atomic E-state index is 0.0108. The van der Waals surface area contributed by atoms with E-state index < -0.39 is 0 Å². The average Bonchev–Trinajstić information content (AvgIpc) is 4.04. The molecular weight excluding hydrogens is 737 g/mol. The zero-order valence-electron chi connectivity index (χ0n) is 33.1. The molecule has 14 rings (SSSR count). The molecular formula is C53H34BN3O3. The smallest absolute Gasteiger partial charge is 0.333 e. The molecule has 0 spiro atoms. The lowest BCUT2D eigenvalue weighted by Crippen LogP contribution is -2.60. The summed E-state index contributed by atoms with van der Waals surface area (Å²) in [6, 6.07) is 54.4. The topological polar surface area (TPSA) is 60.5 Å². The molecule has 8 aromatic carbocycles. The zero-order chi connectivity index (χ0) is 39.6. The third-order valence-electron chi connectivity index (χ3n) is 13.1. The van der Waals surface area contributed by atoms with E-state index in [4.69, 9.17) is 18.2 Å². The second-order valence-corrected chi connectivity index (χ2v) is 17.5. The Morgan fingerprint density at radius 1 is 0.517 bits per heavy atom. The standard InChI is InChI=1S/C53H34BN3O3/c1-53(2,3)30-17-19-31(20-18-30)57-43-24-39-33-14-8-10-16-46(33)58-47(39)25-36(43)34-21-22-35-37-26-48-38(32-13-7-9-15-45(32)59-48)23-42(37)56-44-28-49-41(27-40(44)54(57)50(34)51(35)56)55-52(60-49)29-11-5-4-6-12-29/h4-28H,1-3H3. The number of benzene rings is 8. The molecule has 2 aliphatic heterocycles. The Bertz CT molecular complexity index is 3830.